The Balaban J connectivity index is 1.29. The van der Waals surface area contributed by atoms with Gasteiger partial charge in [-0.15, -0.1) is 0 Å². The van der Waals surface area contributed by atoms with Crippen LogP contribution in [0.2, 0.25) is 5.02 Å². The summed E-state index contributed by atoms with van der Waals surface area (Å²) in [6.07, 6.45) is 2.69. The third-order valence-electron chi connectivity index (χ3n) is 6.01. The maximum atomic E-state index is 13.4. The van der Waals surface area contributed by atoms with Gasteiger partial charge in [0.25, 0.3) is 0 Å². The molecule has 0 aliphatic carbocycles. The van der Waals surface area contributed by atoms with Crippen molar-refractivity contribution in [1.82, 2.24) is 15.3 Å². The van der Waals surface area contributed by atoms with Crippen molar-refractivity contribution in [2.24, 2.45) is 0 Å². The minimum atomic E-state index is -3.02. The SMILES string of the molecule is CS(=O)(=O)CCNCc1ccc(-c2ccc3ncn[14c](Nc4ccc(OCc5cccc(F)c5)c(Cl)c4)c3c2)o1. The molecule has 5 rings (SSSR count). The molecule has 2 aromatic heterocycles. The number of nitrogens with one attached hydrogen (secondary N) is 2. The number of aromatic nitrogens is 2. The van der Waals surface area contributed by atoms with Crippen molar-refractivity contribution in [3.63, 3.8) is 0 Å². The van der Waals surface area contributed by atoms with Crippen LogP contribution in [0.4, 0.5) is 15.9 Å². The Morgan fingerprint density at radius 3 is 2.75 bits per heavy atom. The summed E-state index contributed by atoms with van der Waals surface area (Å²) < 4.78 is 47.8. The molecule has 0 radical (unpaired) electrons. The minimum absolute atomic E-state index is 0.0664. The van der Waals surface area contributed by atoms with Crippen LogP contribution in [0, 0.1) is 5.82 Å². The molecule has 8 nitrogen and oxygen atoms in total. The van der Waals surface area contributed by atoms with Crippen LogP contribution >= 0.6 is 11.6 Å². The number of benzene rings is 3. The summed E-state index contributed by atoms with van der Waals surface area (Å²) in [5.41, 5.74) is 2.99. The standard InChI is InChI=1S/C29H26ClFN4O4S/c1-40(36,37)12-11-32-16-23-7-10-27(39-23)20-5-8-26-24(14-20)29(34-18-33-26)35-22-6-9-28(25(30)15-22)38-17-19-3-2-4-21(31)13-19/h2-10,13-15,18,32H,11-12,16-17H2,1H3,(H,33,34,35)/i29+2. The van der Waals surface area contributed by atoms with E-state index in [4.69, 9.17) is 20.8 Å². The Labute approximate surface area is 236 Å². The van der Waals surface area contributed by atoms with E-state index in [0.29, 0.717) is 52.5 Å². The zero-order chi connectivity index (χ0) is 28.1. The fourth-order valence-electron chi connectivity index (χ4n) is 4.03. The summed E-state index contributed by atoms with van der Waals surface area (Å²) in [5.74, 6) is 2.17. The third kappa shape index (κ3) is 7.15. The van der Waals surface area contributed by atoms with E-state index in [2.05, 4.69) is 20.6 Å². The fourth-order valence-corrected chi connectivity index (χ4v) is 4.78. The van der Waals surface area contributed by atoms with Crippen LogP contribution in [0.5, 0.6) is 5.75 Å². The zero-order valence-corrected chi connectivity index (χ0v) is 23.1. The lowest BCUT2D eigenvalue weighted by Crippen LogP contribution is -2.21. The molecule has 0 spiro atoms. The molecule has 0 saturated heterocycles. The zero-order valence-electron chi connectivity index (χ0n) is 21.5. The van der Waals surface area contributed by atoms with Crippen molar-refractivity contribution in [3.05, 3.63) is 101 Å². The van der Waals surface area contributed by atoms with Crippen molar-refractivity contribution in [3.8, 4) is 17.1 Å². The van der Waals surface area contributed by atoms with Gasteiger partial charge in [-0.2, -0.15) is 0 Å². The minimum Gasteiger partial charge on any atom is -0.487 e. The second-order valence-corrected chi connectivity index (χ2v) is 11.9. The van der Waals surface area contributed by atoms with E-state index in [1.807, 2.05) is 36.4 Å². The van der Waals surface area contributed by atoms with Gasteiger partial charge >= 0.3 is 0 Å². The fraction of sp³-hybridized carbons (Fsp3) is 0.172. The number of anilines is 2. The van der Waals surface area contributed by atoms with Crippen LogP contribution in [-0.2, 0) is 23.0 Å². The van der Waals surface area contributed by atoms with Crippen molar-refractivity contribution in [2.45, 2.75) is 13.2 Å². The molecule has 0 atom stereocenters. The van der Waals surface area contributed by atoms with Crippen molar-refractivity contribution >= 4 is 43.8 Å². The third-order valence-corrected chi connectivity index (χ3v) is 7.25. The summed E-state index contributed by atoms with van der Waals surface area (Å²) in [6.45, 7) is 0.956. The largest absolute Gasteiger partial charge is 0.487 e. The normalized spacial score (nSPS) is 11.6. The molecule has 2 N–H and O–H groups in total. The molecule has 3 aromatic carbocycles. The molecular weight excluding hydrogens is 557 g/mol. The molecule has 0 amide bonds. The number of rotatable bonds is 11. The van der Waals surface area contributed by atoms with E-state index in [1.165, 1.54) is 24.7 Å². The number of hydrogen-bond acceptors (Lipinski definition) is 8. The Morgan fingerprint density at radius 1 is 1.07 bits per heavy atom. The number of fused-ring (bicyclic) bond motifs is 1. The van der Waals surface area contributed by atoms with Crippen molar-refractivity contribution in [1.29, 1.82) is 0 Å². The monoisotopic (exact) mass is 582 g/mol. The van der Waals surface area contributed by atoms with Gasteiger partial charge in [0.15, 0.2) is 0 Å². The van der Waals surface area contributed by atoms with Crippen molar-refractivity contribution < 1.29 is 22.0 Å². The predicted molar refractivity (Wildman–Crippen MR) is 154 cm³/mol. The van der Waals surface area contributed by atoms with E-state index >= 15 is 0 Å². The first-order valence-corrected chi connectivity index (χ1v) is 14.8. The van der Waals surface area contributed by atoms with Gasteiger partial charge < -0.3 is 19.8 Å². The van der Waals surface area contributed by atoms with Gasteiger partial charge in [-0.1, -0.05) is 23.7 Å². The molecule has 0 bridgehead atoms. The molecule has 40 heavy (non-hydrogen) atoms. The second kappa shape index (κ2) is 12.0. The molecule has 0 aliphatic rings. The maximum absolute atomic E-state index is 13.4. The summed E-state index contributed by atoms with van der Waals surface area (Å²) in [5, 5.41) is 7.56. The first-order valence-electron chi connectivity index (χ1n) is 12.4. The van der Waals surface area contributed by atoms with E-state index < -0.39 is 9.84 Å². The first kappa shape index (κ1) is 27.6. The number of halogens is 2. The summed E-state index contributed by atoms with van der Waals surface area (Å²) in [6, 6.07) is 21.0. The van der Waals surface area contributed by atoms with E-state index in [-0.39, 0.29) is 18.2 Å². The molecule has 2 heterocycles. The van der Waals surface area contributed by atoms with Gasteiger partial charge in [-0.25, -0.2) is 22.8 Å². The van der Waals surface area contributed by atoms with Crippen LogP contribution in [0.15, 0.2) is 83.5 Å². The van der Waals surface area contributed by atoms with Gasteiger partial charge in [0.2, 0.25) is 0 Å². The van der Waals surface area contributed by atoms with E-state index in [9.17, 15) is 12.8 Å². The summed E-state index contributed by atoms with van der Waals surface area (Å²) >= 11 is 6.47. The molecule has 0 aliphatic heterocycles. The molecule has 0 fully saturated rings. The van der Waals surface area contributed by atoms with Crippen molar-refractivity contribution in [2.75, 3.05) is 23.9 Å². The maximum Gasteiger partial charge on any atom is 0.148 e. The van der Waals surface area contributed by atoms with E-state index in [0.717, 1.165) is 16.5 Å². The lowest BCUT2D eigenvalue weighted by atomic mass is 10.1. The Morgan fingerprint density at radius 2 is 1.95 bits per heavy atom. The number of sulfone groups is 1. The van der Waals surface area contributed by atoms with Crippen LogP contribution in [0.3, 0.4) is 0 Å². The van der Waals surface area contributed by atoms with Gasteiger partial charge in [0.05, 0.1) is 22.8 Å². The number of hydrogen-bond donors (Lipinski definition) is 2. The average molecular weight is 583 g/mol. The number of ether oxygens (including phenoxy) is 1. The molecule has 11 heteroatoms. The molecular formula is C29H26ClFN4O4S. The highest BCUT2D eigenvalue weighted by molar-refractivity contribution is 7.90. The smallest absolute Gasteiger partial charge is 0.148 e. The highest BCUT2D eigenvalue weighted by atomic mass is 35.5. The Kier molecular flexibility index (Phi) is 8.29. The second-order valence-electron chi connectivity index (χ2n) is 9.22. The summed E-state index contributed by atoms with van der Waals surface area (Å²) in [4.78, 5) is 8.80. The quantitative estimate of drug-likeness (QED) is 0.179. The molecule has 206 valence electrons. The lowest BCUT2D eigenvalue weighted by Gasteiger charge is -2.12. The van der Waals surface area contributed by atoms with Gasteiger partial charge in [0, 0.05) is 29.4 Å². The average Bonchev–Trinajstić information content (AvgIpc) is 3.39. The summed E-state index contributed by atoms with van der Waals surface area (Å²) in [7, 11) is -3.02. The Bertz CT molecular complexity index is 1760. The highest BCUT2D eigenvalue weighted by Gasteiger charge is 2.11. The number of furan rings is 1. The predicted octanol–water partition coefficient (Wildman–Crippen LogP) is 6.14. The van der Waals surface area contributed by atoms with Gasteiger partial charge in [0.1, 0.15) is 51.7 Å². The van der Waals surface area contributed by atoms with Crippen LogP contribution in [0.25, 0.3) is 22.2 Å². The van der Waals surface area contributed by atoms with Gasteiger partial charge in [-0.3, -0.25) is 0 Å². The molecule has 0 saturated carbocycles. The van der Waals surface area contributed by atoms with E-state index in [1.54, 1.807) is 24.3 Å². The topological polar surface area (TPSA) is 106 Å². The van der Waals surface area contributed by atoms with Crippen LogP contribution in [-0.4, -0.2) is 36.9 Å². The number of nitrogens with zero attached hydrogens (tertiary/aromatic N) is 2. The molecule has 5 aromatic rings. The van der Waals surface area contributed by atoms with Crippen LogP contribution in [0.1, 0.15) is 11.3 Å². The highest BCUT2D eigenvalue weighted by Crippen LogP contribution is 2.32. The lowest BCUT2D eigenvalue weighted by molar-refractivity contribution is 0.306. The first-order chi connectivity index (χ1) is 19.2. The molecule has 0 unspecified atom stereocenters. The van der Waals surface area contributed by atoms with Crippen LogP contribution < -0.4 is 15.4 Å². The van der Waals surface area contributed by atoms with Gasteiger partial charge in [-0.05, 0) is 66.2 Å². The Hall–Kier alpha value is -3.99.